The maximum Gasteiger partial charge on any atom is 0.315 e. The Morgan fingerprint density at radius 3 is 2.56 bits per heavy atom. The highest BCUT2D eigenvalue weighted by molar-refractivity contribution is 7.89. The molecular formula is C31H33N3O7S2. The number of aromatic nitrogens is 1. The van der Waals surface area contributed by atoms with Gasteiger partial charge in [0.1, 0.15) is 23.8 Å². The van der Waals surface area contributed by atoms with Crippen LogP contribution in [-0.2, 0) is 30.9 Å². The Hall–Kier alpha value is -4.00. The number of pyridine rings is 1. The molecule has 0 bridgehead atoms. The molecule has 2 N–H and O–H groups in total. The third kappa shape index (κ3) is 6.82. The number of aromatic amines is 1. The average molecular weight is 624 g/mol. The van der Waals surface area contributed by atoms with Gasteiger partial charge in [0.2, 0.25) is 21.5 Å². The first kappa shape index (κ1) is 30.5. The van der Waals surface area contributed by atoms with E-state index in [1.807, 2.05) is 24.4 Å². The molecule has 0 saturated heterocycles. The first-order valence-electron chi connectivity index (χ1n) is 14.0. The first-order chi connectivity index (χ1) is 20.7. The van der Waals surface area contributed by atoms with Crippen molar-refractivity contribution < 1.29 is 27.5 Å². The fraction of sp³-hybridized carbons (Fsp3) is 0.323. The molecule has 1 fully saturated rings. The predicted octanol–water partition coefficient (Wildman–Crippen LogP) is 4.38. The number of nitrogens with zero attached hydrogens (tertiary/aromatic N) is 1. The Morgan fingerprint density at radius 1 is 1.07 bits per heavy atom. The number of para-hydroxylation sites is 1. The Kier molecular flexibility index (Phi) is 9.00. The van der Waals surface area contributed by atoms with Crippen LogP contribution in [-0.4, -0.2) is 49.9 Å². The third-order valence-electron chi connectivity index (χ3n) is 7.44. The second kappa shape index (κ2) is 12.7. The number of amides is 1. The van der Waals surface area contributed by atoms with Gasteiger partial charge in [-0.2, -0.15) is 4.72 Å². The van der Waals surface area contributed by atoms with E-state index in [1.54, 1.807) is 36.1 Å². The van der Waals surface area contributed by atoms with Gasteiger partial charge in [-0.3, -0.25) is 14.4 Å². The van der Waals surface area contributed by atoms with E-state index in [1.165, 1.54) is 41.7 Å². The Labute approximate surface area is 253 Å². The fourth-order valence-electron chi connectivity index (χ4n) is 4.80. The molecule has 2 aromatic carbocycles. The van der Waals surface area contributed by atoms with E-state index in [4.69, 9.17) is 9.47 Å². The van der Waals surface area contributed by atoms with Crippen molar-refractivity contribution in [3.8, 4) is 5.75 Å². The molecule has 1 aliphatic carbocycles. The van der Waals surface area contributed by atoms with Crippen LogP contribution in [0.5, 0.6) is 5.75 Å². The molecular weight excluding hydrogens is 590 g/mol. The van der Waals surface area contributed by atoms with Gasteiger partial charge in [0.05, 0.1) is 18.0 Å². The molecule has 226 valence electrons. The molecule has 1 atom stereocenters. The molecule has 10 nitrogen and oxygen atoms in total. The molecule has 1 amide bonds. The highest BCUT2D eigenvalue weighted by atomic mass is 32.2. The van der Waals surface area contributed by atoms with Gasteiger partial charge in [0.25, 0.3) is 0 Å². The minimum absolute atomic E-state index is 0.0477. The molecule has 1 aliphatic rings. The van der Waals surface area contributed by atoms with Crippen molar-refractivity contribution in [3.63, 3.8) is 0 Å². The van der Waals surface area contributed by atoms with Crippen LogP contribution in [0.3, 0.4) is 0 Å². The van der Waals surface area contributed by atoms with Gasteiger partial charge in [0.15, 0.2) is 0 Å². The van der Waals surface area contributed by atoms with Crippen LogP contribution in [0.25, 0.3) is 10.9 Å². The van der Waals surface area contributed by atoms with E-state index in [-0.39, 0.29) is 29.6 Å². The summed E-state index contributed by atoms with van der Waals surface area (Å²) >= 11 is 1.50. The van der Waals surface area contributed by atoms with Crippen molar-refractivity contribution in [2.24, 2.45) is 5.41 Å². The predicted molar refractivity (Wildman–Crippen MR) is 163 cm³/mol. The molecule has 1 saturated carbocycles. The maximum absolute atomic E-state index is 14.2. The SMILES string of the molecule is CCOC(=O)C1(COc2ccccc2[C@@H](NS(=O)(=O)c2ccc3[nH]c(=O)ccc3c2)C(=O)N(CC)Cc2cccs2)CC1. The molecule has 0 aliphatic heterocycles. The zero-order valence-electron chi connectivity index (χ0n) is 23.9. The molecule has 0 radical (unpaired) electrons. The van der Waals surface area contributed by atoms with E-state index in [0.717, 1.165) is 4.88 Å². The number of benzene rings is 2. The van der Waals surface area contributed by atoms with Crippen LogP contribution in [0.2, 0.25) is 0 Å². The summed E-state index contributed by atoms with van der Waals surface area (Å²) in [6, 6.07) is 16.4. The van der Waals surface area contributed by atoms with E-state index in [2.05, 4.69) is 9.71 Å². The van der Waals surface area contributed by atoms with Gasteiger partial charge in [-0.15, -0.1) is 11.3 Å². The fourth-order valence-corrected chi connectivity index (χ4v) is 6.72. The third-order valence-corrected chi connectivity index (χ3v) is 9.72. The summed E-state index contributed by atoms with van der Waals surface area (Å²) in [6.45, 7) is 4.54. The van der Waals surface area contributed by atoms with Gasteiger partial charge in [-0.1, -0.05) is 24.3 Å². The second-order valence-corrected chi connectivity index (χ2v) is 13.1. The maximum atomic E-state index is 14.2. The molecule has 2 heterocycles. The van der Waals surface area contributed by atoms with Crippen LogP contribution in [0.1, 0.15) is 43.2 Å². The van der Waals surface area contributed by atoms with Gasteiger partial charge < -0.3 is 19.4 Å². The molecule has 0 unspecified atom stereocenters. The van der Waals surface area contributed by atoms with Gasteiger partial charge >= 0.3 is 5.97 Å². The summed E-state index contributed by atoms with van der Waals surface area (Å²) in [5.41, 5.74) is -0.236. The number of fused-ring (bicyclic) bond motifs is 1. The van der Waals surface area contributed by atoms with Crippen molar-refractivity contribution in [1.82, 2.24) is 14.6 Å². The van der Waals surface area contributed by atoms with Gasteiger partial charge in [-0.25, -0.2) is 8.42 Å². The first-order valence-corrected chi connectivity index (χ1v) is 16.4. The molecule has 4 aromatic rings. The standard InChI is InChI=1S/C31H33N3O7S2/c1-3-34(19-22-8-7-17-42-22)29(36)28(33-43(38,39)23-12-13-25-21(18-23)11-14-27(35)32-25)24-9-5-6-10-26(24)41-20-31(15-16-31)30(37)40-4-2/h5-14,17-18,28,33H,3-4,15-16,19-20H2,1-2H3,(H,32,35)/t28-/m1/s1. The topological polar surface area (TPSA) is 135 Å². The van der Waals surface area contributed by atoms with Crippen LogP contribution >= 0.6 is 11.3 Å². The number of thiophene rings is 1. The number of carbonyl (C=O) groups is 2. The summed E-state index contributed by atoms with van der Waals surface area (Å²) in [4.78, 5) is 43.5. The second-order valence-electron chi connectivity index (χ2n) is 10.4. The number of ether oxygens (including phenoxy) is 2. The number of rotatable bonds is 13. The minimum Gasteiger partial charge on any atom is -0.492 e. The Morgan fingerprint density at radius 2 is 1.86 bits per heavy atom. The van der Waals surface area contributed by atoms with Crippen LogP contribution < -0.4 is 15.0 Å². The lowest BCUT2D eigenvalue weighted by Crippen LogP contribution is -2.42. The highest BCUT2D eigenvalue weighted by Gasteiger charge is 2.52. The summed E-state index contributed by atoms with van der Waals surface area (Å²) in [6.07, 6.45) is 1.25. The molecule has 0 spiro atoms. The van der Waals surface area contributed by atoms with Crippen molar-refractivity contribution in [3.05, 3.63) is 92.9 Å². The summed E-state index contributed by atoms with van der Waals surface area (Å²) < 4.78 is 41.6. The highest BCUT2D eigenvalue weighted by Crippen LogP contribution is 2.47. The minimum atomic E-state index is -4.24. The summed E-state index contributed by atoms with van der Waals surface area (Å²) in [5.74, 6) is -0.485. The Bertz CT molecular complexity index is 1780. The van der Waals surface area contributed by atoms with Crippen molar-refractivity contribution in [1.29, 1.82) is 0 Å². The molecule has 5 rings (SSSR count). The molecule has 12 heteroatoms. The van der Waals surface area contributed by atoms with Crippen molar-refractivity contribution in [2.45, 2.75) is 44.2 Å². The largest absolute Gasteiger partial charge is 0.492 e. The van der Waals surface area contributed by atoms with Crippen LogP contribution in [0.15, 0.2) is 81.8 Å². The number of hydrogen-bond donors (Lipinski definition) is 2. The van der Waals surface area contributed by atoms with E-state index in [0.29, 0.717) is 48.1 Å². The van der Waals surface area contributed by atoms with Crippen molar-refractivity contribution in [2.75, 3.05) is 19.8 Å². The zero-order valence-corrected chi connectivity index (χ0v) is 25.5. The number of likely N-dealkylation sites (N-methyl/N-ethyl adjacent to an activating group) is 1. The lowest BCUT2D eigenvalue weighted by atomic mass is 10.0. The lowest BCUT2D eigenvalue weighted by Gasteiger charge is -2.28. The van der Waals surface area contributed by atoms with Crippen molar-refractivity contribution >= 4 is 44.1 Å². The van der Waals surface area contributed by atoms with Crippen LogP contribution in [0, 0.1) is 5.41 Å². The average Bonchev–Trinajstić information content (AvgIpc) is 3.63. The number of sulfonamides is 1. The summed E-state index contributed by atoms with van der Waals surface area (Å²) in [7, 11) is -4.24. The number of esters is 1. The quantitative estimate of drug-likeness (QED) is 0.211. The monoisotopic (exact) mass is 623 g/mol. The van der Waals surface area contributed by atoms with Gasteiger partial charge in [-0.05, 0) is 73.9 Å². The Balaban J connectivity index is 1.50. The summed E-state index contributed by atoms with van der Waals surface area (Å²) in [5, 5.41) is 2.44. The number of H-pyrrole nitrogens is 1. The van der Waals surface area contributed by atoms with E-state index >= 15 is 0 Å². The van der Waals surface area contributed by atoms with Crippen LogP contribution in [0.4, 0.5) is 0 Å². The van der Waals surface area contributed by atoms with E-state index < -0.39 is 27.4 Å². The smallest absolute Gasteiger partial charge is 0.315 e. The number of carbonyl (C=O) groups excluding carboxylic acids is 2. The number of nitrogens with one attached hydrogen (secondary N) is 2. The molecule has 2 aromatic heterocycles. The van der Waals surface area contributed by atoms with E-state index in [9.17, 15) is 22.8 Å². The van der Waals surface area contributed by atoms with Gasteiger partial charge in [0, 0.05) is 28.6 Å². The normalized spacial score (nSPS) is 14.7. The number of hydrogen-bond acceptors (Lipinski definition) is 8. The lowest BCUT2D eigenvalue weighted by molar-refractivity contribution is -0.151. The molecule has 43 heavy (non-hydrogen) atoms. The zero-order chi connectivity index (χ0) is 30.6.